The average molecular weight is 278 g/mol. The Morgan fingerprint density at radius 2 is 1.90 bits per heavy atom. The van der Waals surface area contributed by atoms with Gasteiger partial charge in [-0.2, -0.15) is 0 Å². The Balaban J connectivity index is 2.12. The van der Waals surface area contributed by atoms with E-state index >= 15 is 0 Å². The summed E-state index contributed by atoms with van der Waals surface area (Å²) in [6.45, 7) is 5.39. The Labute approximate surface area is 121 Å². The zero-order valence-corrected chi connectivity index (χ0v) is 12.8. The number of anilines is 2. The molecule has 0 atom stereocenters. The smallest absolute Gasteiger partial charge is 0.158 e. The van der Waals surface area contributed by atoms with Crippen molar-refractivity contribution in [2.45, 2.75) is 58.1 Å². The Bertz CT molecular complexity index is 430. The molecule has 1 aromatic rings. The first-order chi connectivity index (χ1) is 9.65. The van der Waals surface area contributed by atoms with Crippen molar-refractivity contribution in [3.05, 3.63) is 11.9 Å². The van der Waals surface area contributed by atoms with Crippen LogP contribution in [0.2, 0.25) is 0 Å². The molecule has 0 unspecified atom stereocenters. The van der Waals surface area contributed by atoms with Crippen molar-refractivity contribution in [1.82, 2.24) is 9.97 Å². The summed E-state index contributed by atoms with van der Waals surface area (Å²) in [6.07, 6.45) is 6.33. The van der Waals surface area contributed by atoms with Crippen LogP contribution in [0.5, 0.6) is 0 Å². The topological polar surface area (TPSA) is 59.1 Å². The van der Waals surface area contributed by atoms with Crippen LogP contribution in [-0.4, -0.2) is 29.2 Å². The molecule has 1 heterocycles. The minimum Gasteiger partial charge on any atom is -0.374 e. The second-order valence-corrected chi connectivity index (χ2v) is 5.69. The van der Waals surface area contributed by atoms with Gasteiger partial charge in [0.15, 0.2) is 5.82 Å². The van der Waals surface area contributed by atoms with Gasteiger partial charge in [0.25, 0.3) is 0 Å². The molecule has 2 N–H and O–H groups in total. The quantitative estimate of drug-likeness (QED) is 0.837. The highest BCUT2D eigenvalue weighted by atomic mass is 16.5. The number of nitrogens with one attached hydrogen (secondary N) is 2. The third-order valence-corrected chi connectivity index (χ3v) is 3.85. The molecule has 1 saturated carbocycles. The second kappa shape index (κ2) is 6.88. The lowest BCUT2D eigenvalue weighted by Crippen LogP contribution is -2.37. The molecule has 5 nitrogen and oxygen atoms in total. The summed E-state index contributed by atoms with van der Waals surface area (Å²) < 4.78 is 5.41. The van der Waals surface area contributed by atoms with Gasteiger partial charge in [0, 0.05) is 25.3 Å². The SMILES string of the molecule is CCOCc1nc(NC)cc(NC2(C)CCCCC2)n1. The zero-order valence-electron chi connectivity index (χ0n) is 12.8. The van der Waals surface area contributed by atoms with Crippen LogP contribution >= 0.6 is 0 Å². The number of rotatable bonds is 6. The Hall–Kier alpha value is -1.36. The lowest BCUT2D eigenvalue weighted by Gasteiger charge is -2.35. The van der Waals surface area contributed by atoms with Crippen molar-refractivity contribution in [3.63, 3.8) is 0 Å². The maximum atomic E-state index is 5.41. The molecule has 20 heavy (non-hydrogen) atoms. The predicted molar refractivity (Wildman–Crippen MR) is 82.0 cm³/mol. The first-order valence-electron chi connectivity index (χ1n) is 7.57. The minimum atomic E-state index is 0.153. The molecule has 1 fully saturated rings. The predicted octanol–water partition coefficient (Wildman–Crippen LogP) is 3.19. The lowest BCUT2D eigenvalue weighted by molar-refractivity contribution is 0.128. The van der Waals surface area contributed by atoms with Gasteiger partial charge in [-0.25, -0.2) is 9.97 Å². The summed E-state index contributed by atoms with van der Waals surface area (Å²) >= 11 is 0. The van der Waals surface area contributed by atoms with Gasteiger partial charge in [-0.1, -0.05) is 19.3 Å². The van der Waals surface area contributed by atoms with E-state index in [0.29, 0.717) is 13.2 Å². The molecular weight excluding hydrogens is 252 g/mol. The van der Waals surface area contributed by atoms with Gasteiger partial charge >= 0.3 is 0 Å². The van der Waals surface area contributed by atoms with Crippen molar-refractivity contribution in [2.24, 2.45) is 0 Å². The zero-order chi connectivity index (χ0) is 14.4. The second-order valence-electron chi connectivity index (χ2n) is 5.69. The molecule has 0 aromatic carbocycles. The molecule has 1 aliphatic carbocycles. The Morgan fingerprint density at radius 3 is 2.55 bits per heavy atom. The van der Waals surface area contributed by atoms with E-state index in [9.17, 15) is 0 Å². The molecule has 0 saturated heterocycles. The highest BCUT2D eigenvalue weighted by Crippen LogP contribution is 2.31. The molecule has 0 amide bonds. The van der Waals surface area contributed by atoms with Gasteiger partial charge in [0.1, 0.15) is 18.2 Å². The van der Waals surface area contributed by atoms with Crippen LogP contribution in [-0.2, 0) is 11.3 Å². The normalized spacial score (nSPS) is 17.8. The van der Waals surface area contributed by atoms with Crippen LogP contribution in [0.25, 0.3) is 0 Å². The standard InChI is InChI=1S/C15H26N4O/c1-4-20-11-14-17-12(16-3)10-13(18-14)19-15(2)8-6-5-7-9-15/h10H,4-9,11H2,1-3H3,(H2,16,17,18,19). The van der Waals surface area contributed by atoms with Gasteiger partial charge in [0.2, 0.25) is 0 Å². The van der Waals surface area contributed by atoms with E-state index in [2.05, 4.69) is 27.5 Å². The van der Waals surface area contributed by atoms with E-state index in [1.54, 1.807) is 0 Å². The number of nitrogens with zero attached hydrogens (tertiary/aromatic N) is 2. The summed E-state index contributed by atoms with van der Waals surface area (Å²) in [5.74, 6) is 2.45. The first-order valence-corrected chi connectivity index (χ1v) is 7.57. The highest BCUT2D eigenvalue weighted by Gasteiger charge is 2.27. The van der Waals surface area contributed by atoms with E-state index in [-0.39, 0.29) is 5.54 Å². The van der Waals surface area contributed by atoms with Crippen LogP contribution < -0.4 is 10.6 Å². The van der Waals surface area contributed by atoms with Crippen LogP contribution in [0.15, 0.2) is 6.07 Å². The number of hydrogen-bond donors (Lipinski definition) is 2. The number of ether oxygens (including phenoxy) is 1. The van der Waals surface area contributed by atoms with Gasteiger partial charge in [0.05, 0.1) is 0 Å². The minimum absolute atomic E-state index is 0.153. The van der Waals surface area contributed by atoms with E-state index in [1.807, 2.05) is 20.0 Å². The van der Waals surface area contributed by atoms with Crippen molar-refractivity contribution in [3.8, 4) is 0 Å². The van der Waals surface area contributed by atoms with Crippen molar-refractivity contribution in [2.75, 3.05) is 24.3 Å². The van der Waals surface area contributed by atoms with E-state index in [4.69, 9.17) is 4.74 Å². The van der Waals surface area contributed by atoms with Crippen molar-refractivity contribution < 1.29 is 4.74 Å². The van der Waals surface area contributed by atoms with E-state index < -0.39 is 0 Å². The van der Waals surface area contributed by atoms with Crippen molar-refractivity contribution in [1.29, 1.82) is 0 Å². The summed E-state index contributed by atoms with van der Waals surface area (Å²) in [5.41, 5.74) is 0.153. The molecule has 1 aromatic heterocycles. The Morgan fingerprint density at radius 1 is 1.20 bits per heavy atom. The van der Waals surface area contributed by atoms with Crippen LogP contribution in [0.4, 0.5) is 11.6 Å². The van der Waals surface area contributed by atoms with Gasteiger partial charge < -0.3 is 15.4 Å². The molecule has 0 bridgehead atoms. The number of hydrogen-bond acceptors (Lipinski definition) is 5. The fourth-order valence-corrected chi connectivity index (χ4v) is 2.71. The summed E-state index contributed by atoms with van der Waals surface area (Å²) in [6, 6.07) is 1.97. The average Bonchev–Trinajstić information content (AvgIpc) is 2.45. The highest BCUT2D eigenvalue weighted by molar-refractivity contribution is 5.48. The maximum Gasteiger partial charge on any atom is 0.158 e. The van der Waals surface area contributed by atoms with Crippen LogP contribution in [0.1, 0.15) is 51.8 Å². The largest absolute Gasteiger partial charge is 0.374 e. The monoisotopic (exact) mass is 278 g/mol. The summed E-state index contributed by atoms with van der Waals surface area (Å²) in [5, 5.41) is 6.69. The number of aromatic nitrogens is 2. The molecule has 5 heteroatoms. The van der Waals surface area contributed by atoms with Crippen LogP contribution in [0, 0.1) is 0 Å². The molecular formula is C15H26N4O. The molecule has 0 radical (unpaired) electrons. The van der Waals surface area contributed by atoms with E-state index in [0.717, 1.165) is 17.5 Å². The molecule has 1 aliphatic rings. The maximum absolute atomic E-state index is 5.41. The third-order valence-electron chi connectivity index (χ3n) is 3.85. The van der Waals surface area contributed by atoms with Crippen LogP contribution in [0.3, 0.4) is 0 Å². The van der Waals surface area contributed by atoms with Crippen molar-refractivity contribution >= 4 is 11.6 Å². The van der Waals surface area contributed by atoms with Gasteiger partial charge in [-0.05, 0) is 26.7 Å². The first kappa shape index (κ1) is 15.0. The molecule has 0 spiro atoms. The Kier molecular flexibility index (Phi) is 5.17. The fraction of sp³-hybridized carbons (Fsp3) is 0.733. The summed E-state index contributed by atoms with van der Waals surface area (Å²) in [4.78, 5) is 8.99. The fourth-order valence-electron chi connectivity index (χ4n) is 2.71. The molecule has 112 valence electrons. The third kappa shape index (κ3) is 4.07. The van der Waals surface area contributed by atoms with Gasteiger partial charge in [-0.15, -0.1) is 0 Å². The van der Waals surface area contributed by atoms with Gasteiger partial charge in [-0.3, -0.25) is 0 Å². The summed E-state index contributed by atoms with van der Waals surface area (Å²) in [7, 11) is 1.87. The lowest BCUT2D eigenvalue weighted by atomic mass is 9.83. The molecule has 0 aliphatic heterocycles. The van der Waals surface area contributed by atoms with E-state index in [1.165, 1.54) is 32.1 Å². The molecule has 2 rings (SSSR count).